The zero-order chi connectivity index (χ0) is 28.7. The Morgan fingerprint density at radius 3 is 2.54 bits per heavy atom. The summed E-state index contributed by atoms with van der Waals surface area (Å²) in [6.07, 6.45) is 1.62. The van der Waals surface area contributed by atoms with Crippen LogP contribution in [0, 0.1) is 5.82 Å². The van der Waals surface area contributed by atoms with Gasteiger partial charge in [0.05, 0.1) is 25.9 Å². The van der Waals surface area contributed by atoms with Crippen LogP contribution >= 0.6 is 22.9 Å². The van der Waals surface area contributed by atoms with Gasteiger partial charge in [0.2, 0.25) is 0 Å². The highest BCUT2D eigenvalue weighted by Crippen LogP contribution is 2.37. The van der Waals surface area contributed by atoms with Crippen molar-refractivity contribution in [3.63, 3.8) is 0 Å². The number of aliphatic carboxylic acids is 3. The molecule has 0 unspecified atom stereocenters. The van der Waals surface area contributed by atoms with Gasteiger partial charge in [-0.05, 0) is 12.1 Å². The number of hydrogen-bond acceptors (Lipinski definition) is 11. The fourth-order valence-corrected chi connectivity index (χ4v) is 4.58. The maximum atomic E-state index is 13.7. The fourth-order valence-electron chi connectivity index (χ4n) is 3.73. The van der Waals surface area contributed by atoms with E-state index in [4.69, 9.17) is 40.9 Å². The van der Waals surface area contributed by atoms with Gasteiger partial charge in [-0.1, -0.05) is 17.7 Å². The predicted octanol–water partition coefficient (Wildman–Crippen LogP) is 1.39. The number of ether oxygens (including phenoxy) is 2. The number of benzene rings is 1. The van der Waals surface area contributed by atoms with Gasteiger partial charge in [-0.25, -0.2) is 23.8 Å². The molecule has 3 heterocycles. The first-order chi connectivity index (χ1) is 18.5. The Bertz CT molecular complexity index is 1310. The second-order valence-corrected chi connectivity index (χ2v) is 9.20. The third-order valence-electron chi connectivity index (χ3n) is 5.49. The van der Waals surface area contributed by atoms with Crippen molar-refractivity contribution < 1.29 is 48.4 Å². The second-order valence-electron chi connectivity index (χ2n) is 7.90. The number of carboxylic acids is 3. The number of methoxy groups -OCH3 is 1. The Morgan fingerprint density at radius 2 is 1.97 bits per heavy atom. The lowest BCUT2D eigenvalue weighted by Crippen LogP contribution is -2.52. The highest BCUT2D eigenvalue weighted by atomic mass is 35.5. The summed E-state index contributed by atoms with van der Waals surface area (Å²) in [5, 5.41) is 30.0. The number of morpholine rings is 1. The summed E-state index contributed by atoms with van der Waals surface area (Å²) in [5.74, 6) is -5.48. The van der Waals surface area contributed by atoms with Crippen molar-refractivity contribution in [1.82, 2.24) is 15.2 Å². The number of aliphatic imine (C=N–C) groups is 1. The molecule has 2 aliphatic rings. The van der Waals surface area contributed by atoms with Gasteiger partial charge >= 0.3 is 23.9 Å². The summed E-state index contributed by atoms with van der Waals surface area (Å²) in [7, 11) is 1.24. The van der Waals surface area contributed by atoms with E-state index in [0.717, 1.165) is 6.07 Å². The second kappa shape index (κ2) is 13.2. The Balaban J connectivity index is 0.000000631. The summed E-state index contributed by atoms with van der Waals surface area (Å²) in [5.41, 5.74) is 0.964. The average Bonchev–Trinajstić information content (AvgIpc) is 3.44. The van der Waals surface area contributed by atoms with E-state index < -0.39 is 41.8 Å². The molecule has 1 saturated heterocycles. The largest absolute Gasteiger partial charge is 0.480 e. The zero-order valence-corrected chi connectivity index (χ0v) is 21.7. The molecule has 0 saturated carbocycles. The molecule has 16 heteroatoms. The van der Waals surface area contributed by atoms with Crippen LogP contribution < -0.4 is 5.32 Å². The van der Waals surface area contributed by atoms with Crippen molar-refractivity contribution in [2.24, 2.45) is 4.99 Å². The molecule has 0 aliphatic carbocycles. The maximum absolute atomic E-state index is 13.7. The number of nitrogens with zero attached hydrogens (tertiary/aromatic N) is 3. The van der Waals surface area contributed by atoms with Crippen molar-refractivity contribution in [3.05, 3.63) is 62.5 Å². The zero-order valence-electron chi connectivity index (χ0n) is 20.2. The number of halogens is 2. The van der Waals surface area contributed by atoms with Crippen molar-refractivity contribution in [1.29, 1.82) is 0 Å². The van der Waals surface area contributed by atoms with Crippen molar-refractivity contribution in [3.8, 4) is 0 Å². The topological polar surface area (TPSA) is 188 Å². The van der Waals surface area contributed by atoms with Crippen LogP contribution in [0.4, 0.5) is 4.39 Å². The highest BCUT2D eigenvalue weighted by molar-refractivity contribution is 7.11. The van der Waals surface area contributed by atoms with Gasteiger partial charge in [-0.3, -0.25) is 14.7 Å². The monoisotopic (exact) mass is 584 g/mol. The van der Waals surface area contributed by atoms with Gasteiger partial charge in [0.25, 0.3) is 0 Å². The Labute approximate surface area is 229 Å². The normalized spacial score (nSPS) is 19.2. The first kappa shape index (κ1) is 29.6. The third kappa shape index (κ3) is 7.35. The Morgan fingerprint density at radius 1 is 1.26 bits per heavy atom. The van der Waals surface area contributed by atoms with Crippen molar-refractivity contribution >= 4 is 52.7 Å². The number of carbonyl (C=O) groups is 4. The molecule has 4 rings (SSSR count). The molecule has 4 N–H and O–H groups in total. The lowest BCUT2D eigenvalue weighted by molar-refractivity contribution is -0.159. The first-order valence-corrected chi connectivity index (χ1v) is 12.3. The molecule has 0 amide bonds. The summed E-state index contributed by atoms with van der Waals surface area (Å²) in [4.78, 5) is 53.5. The molecule has 2 aliphatic heterocycles. The third-order valence-corrected chi connectivity index (χ3v) is 6.60. The summed E-state index contributed by atoms with van der Waals surface area (Å²) in [6, 6.07) is 2.05. The molecule has 1 aromatic carbocycles. The first-order valence-electron chi connectivity index (χ1n) is 11.0. The lowest BCUT2D eigenvalue weighted by Gasteiger charge is -2.35. The summed E-state index contributed by atoms with van der Waals surface area (Å²) >= 11 is 7.67. The average molecular weight is 585 g/mol. The lowest BCUT2D eigenvalue weighted by atomic mass is 9.95. The van der Waals surface area contributed by atoms with Crippen LogP contribution in [0.3, 0.4) is 0 Å². The minimum absolute atomic E-state index is 0.0246. The van der Waals surface area contributed by atoms with Crippen LogP contribution in [0.15, 0.2) is 46.0 Å². The predicted molar refractivity (Wildman–Crippen MR) is 134 cm³/mol. The number of rotatable bonds is 6. The quantitative estimate of drug-likeness (QED) is 0.282. The van der Waals surface area contributed by atoms with Gasteiger partial charge in [0.1, 0.15) is 17.9 Å². The fraction of sp³-hybridized carbons (Fsp3) is 0.304. The summed E-state index contributed by atoms with van der Waals surface area (Å²) in [6.45, 7) is 0.814. The van der Waals surface area contributed by atoms with E-state index in [1.165, 1.54) is 30.6 Å². The molecule has 208 valence electrons. The molecule has 1 aromatic heterocycles. The number of hydrogen-bond donors (Lipinski definition) is 4. The van der Waals surface area contributed by atoms with E-state index in [9.17, 15) is 19.1 Å². The molecule has 0 bridgehead atoms. The van der Waals surface area contributed by atoms with E-state index in [0.29, 0.717) is 35.3 Å². The molecule has 39 heavy (non-hydrogen) atoms. The number of aromatic nitrogens is 1. The number of nitrogens with one attached hydrogen (secondary N) is 1. The Kier molecular flexibility index (Phi) is 10.1. The van der Waals surface area contributed by atoms with Crippen LogP contribution in [0.2, 0.25) is 5.02 Å². The minimum Gasteiger partial charge on any atom is -0.480 e. The molecule has 0 radical (unpaired) electrons. The number of carboxylic acid groups (broad SMARTS) is 3. The van der Waals surface area contributed by atoms with E-state index in [1.54, 1.807) is 16.5 Å². The van der Waals surface area contributed by atoms with Crippen LogP contribution in [0.1, 0.15) is 16.6 Å². The molecule has 1 fully saturated rings. The standard InChI is InChI=1S/C21H20ClFN4O5S.C2H2O4/c1-31-21(30)16-14(9-27-5-6-32-10-15(27)20(28)29)25-18(19-24-4-7-33-19)26-17(16)12-3-2-11(23)8-13(12)22;3-1(4)2(5)6/h2-4,7-8,15,17H,5-6,9-10H2,1H3,(H,25,26)(H,28,29);(H,3,4)(H,5,6)/t15-,17-;/m0./s1. The van der Waals surface area contributed by atoms with Crippen molar-refractivity contribution in [2.75, 3.05) is 33.4 Å². The number of carbonyl (C=O) groups excluding carboxylic acids is 1. The molecule has 2 aromatic rings. The van der Waals surface area contributed by atoms with Gasteiger partial charge in [-0.2, -0.15) is 0 Å². The molecule has 0 spiro atoms. The van der Waals surface area contributed by atoms with Gasteiger partial charge in [-0.15, -0.1) is 11.3 Å². The van der Waals surface area contributed by atoms with Gasteiger partial charge < -0.3 is 30.1 Å². The highest BCUT2D eigenvalue weighted by Gasteiger charge is 2.37. The number of esters is 1. The SMILES string of the molecule is COC(=O)C1=C(CN2CCOC[C@H]2C(=O)O)NC(c2nccs2)=N[C@H]1c1ccc(F)cc1Cl.O=C(O)C(=O)O. The van der Waals surface area contributed by atoms with Gasteiger partial charge in [0, 0.05) is 40.9 Å². The van der Waals surface area contributed by atoms with Crippen LogP contribution in [-0.4, -0.2) is 94.4 Å². The molecule has 2 atom stereocenters. The molecular formula is C23H22ClFN4O9S. The van der Waals surface area contributed by atoms with E-state index >= 15 is 0 Å². The van der Waals surface area contributed by atoms with Crippen LogP contribution in [-0.2, 0) is 28.7 Å². The molecular weight excluding hydrogens is 563 g/mol. The van der Waals surface area contributed by atoms with Crippen LogP contribution in [0.25, 0.3) is 0 Å². The van der Waals surface area contributed by atoms with E-state index in [-0.39, 0.29) is 23.7 Å². The van der Waals surface area contributed by atoms with E-state index in [1.807, 2.05) is 0 Å². The summed E-state index contributed by atoms with van der Waals surface area (Å²) < 4.78 is 24.1. The minimum atomic E-state index is -1.82. The van der Waals surface area contributed by atoms with E-state index in [2.05, 4.69) is 15.3 Å². The molecule has 13 nitrogen and oxygen atoms in total. The van der Waals surface area contributed by atoms with Crippen LogP contribution in [0.5, 0.6) is 0 Å². The van der Waals surface area contributed by atoms with Crippen molar-refractivity contribution in [2.45, 2.75) is 12.1 Å². The number of amidine groups is 1. The maximum Gasteiger partial charge on any atom is 0.414 e. The van der Waals surface area contributed by atoms with Gasteiger partial charge in [0.15, 0.2) is 10.8 Å². The number of thiazole rings is 1. The Hall–Kier alpha value is -3.92. The smallest absolute Gasteiger partial charge is 0.414 e.